The van der Waals surface area contributed by atoms with Crippen molar-refractivity contribution in [2.45, 2.75) is 12.5 Å². The number of halogens is 1. The van der Waals surface area contributed by atoms with Gasteiger partial charge in [-0.25, -0.2) is 0 Å². The zero-order valence-electron chi connectivity index (χ0n) is 18.5. The van der Waals surface area contributed by atoms with Gasteiger partial charge in [-0.05, 0) is 36.2 Å². The molecule has 0 unspecified atom stereocenters. The van der Waals surface area contributed by atoms with Gasteiger partial charge in [0, 0.05) is 36.2 Å². The third-order valence-corrected chi connectivity index (χ3v) is 6.57. The highest BCUT2D eigenvalue weighted by Gasteiger charge is 2.45. The van der Waals surface area contributed by atoms with E-state index in [2.05, 4.69) is 20.8 Å². The smallest absolute Gasteiger partial charge is 0.295 e. The second-order valence-electron chi connectivity index (χ2n) is 8.08. The molecule has 2 aliphatic heterocycles. The minimum atomic E-state index is -0.672. The molecule has 7 nitrogen and oxygen atoms in total. The number of carbonyl (C=O) groups is 2. The van der Waals surface area contributed by atoms with Crippen molar-refractivity contribution >= 4 is 33.4 Å². The fourth-order valence-electron chi connectivity index (χ4n) is 4.32. The van der Waals surface area contributed by atoms with Gasteiger partial charge in [-0.15, -0.1) is 0 Å². The first-order valence-electron chi connectivity index (χ1n) is 11.0. The molecule has 0 radical (unpaired) electrons. The number of rotatable bonds is 7. The van der Waals surface area contributed by atoms with Crippen LogP contribution in [0.15, 0.2) is 58.6 Å². The van der Waals surface area contributed by atoms with Crippen molar-refractivity contribution in [2.75, 3.05) is 46.5 Å². The van der Waals surface area contributed by atoms with Crippen LogP contribution >= 0.6 is 15.9 Å². The Morgan fingerprint density at radius 1 is 1.12 bits per heavy atom. The molecule has 0 saturated carbocycles. The summed E-state index contributed by atoms with van der Waals surface area (Å²) in [6.45, 7) is 4.39. The van der Waals surface area contributed by atoms with Crippen molar-refractivity contribution < 1.29 is 24.2 Å². The molecular weight excluding hydrogens is 488 g/mol. The highest BCUT2D eigenvalue weighted by molar-refractivity contribution is 9.10. The van der Waals surface area contributed by atoms with Gasteiger partial charge < -0.3 is 19.5 Å². The van der Waals surface area contributed by atoms with Crippen LogP contribution in [-0.4, -0.2) is 73.1 Å². The third kappa shape index (κ3) is 5.13. The maximum absolute atomic E-state index is 13.1. The van der Waals surface area contributed by atoms with Gasteiger partial charge in [0.1, 0.15) is 11.5 Å². The molecule has 2 heterocycles. The lowest BCUT2D eigenvalue weighted by Crippen LogP contribution is -2.38. The van der Waals surface area contributed by atoms with Crippen LogP contribution in [0, 0.1) is 0 Å². The van der Waals surface area contributed by atoms with Crippen LogP contribution < -0.4 is 4.74 Å². The Morgan fingerprint density at radius 3 is 2.55 bits per heavy atom. The molecule has 1 N–H and O–H groups in total. The number of ether oxygens (including phenoxy) is 2. The molecule has 174 valence electrons. The van der Waals surface area contributed by atoms with Gasteiger partial charge >= 0.3 is 0 Å². The first kappa shape index (κ1) is 23.5. The van der Waals surface area contributed by atoms with Crippen LogP contribution in [0.3, 0.4) is 0 Å². The second-order valence-corrected chi connectivity index (χ2v) is 9.00. The largest absolute Gasteiger partial charge is 0.507 e. The monoisotopic (exact) mass is 514 g/mol. The average Bonchev–Trinajstić information content (AvgIpc) is 3.10. The van der Waals surface area contributed by atoms with E-state index in [-0.39, 0.29) is 11.3 Å². The number of Topliss-reactive ketones (excluding diaryl/α,β-unsaturated/α-hetero) is 1. The van der Waals surface area contributed by atoms with Crippen molar-refractivity contribution in [3.05, 3.63) is 69.7 Å². The minimum Gasteiger partial charge on any atom is -0.507 e. The predicted molar refractivity (Wildman–Crippen MR) is 128 cm³/mol. The fourth-order valence-corrected chi connectivity index (χ4v) is 4.58. The number of ketones is 1. The van der Waals surface area contributed by atoms with Crippen molar-refractivity contribution in [3.63, 3.8) is 0 Å². The summed E-state index contributed by atoms with van der Waals surface area (Å²) in [5, 5.41) is 11.2. The Balaban J connectivity index is 1.67. The summed E-state index contributed by atoms with van der Waals surface area (Å²) in [6.07, 6.45) is 0.721. The summed E-state index contributed by atoms with van der Waals surface area (Å²) in [6, 6.07) is 13.7. The summed E-state index contributed by atoms with van der Waals surface area (Å²) < 4.78 is 11.5. The highest BCUT2D eigenvalue weighted by Crippen LogP contribution is 2.40. The van der Waals surface area contributed by atoms with Crippen molar-refractivity contribution in [3.8, 4) is 5.75 Å². The molecule has 1 amide bonds. The molecular formula is C25H27BrN2O5. The maximum atomic E-state index is 13.1. The number of hydrogen-bond acceptors (Lipinski definition) is 6. The SMILES string of the molecule is COc1cccc(C(O)=C2C(=O)C(=O)N(CCCN3CCOCC3)[C@@H]2c2ccc(Br)cc2)c1. The van der Waals surface area contributed by atoms with E-state index >= 15 is 0 Å². The van der Waals surface area contributed by atoms with E-state index in [9.17, 15) is 14.7 Å². The van der Waals surface area contributed by atoms with Crippen molar-refractivity contribution in [1.82, 2.24) is 9.80 Å². The maximum Gasteiger partial charge on any atom is 0.295 e. The minimum absolute atomic E-state index is 0.0990. The zero-order chi connectivity index (χ0) is 23.4. The lowest BCUT2D eigenvalue weighted by atomic mass is 9.95. The van der Waals surface area contributed by atoms with E-state index in [1.165, 1.54) is 7.11 Å². The Hall–Kier alpha value is -2.68. The lowest BCUT2D eigenvalue weighted by Gasteiger charge is -2.29. The van der Waals surface area contributed by atoms with Gasteiger partial charge in [0.05, 0.1) is 31.9 Å². The van der Waals surface area contributed by atoms with Gasteiger partial charge in [0.15, 0.2) is 0 Å². The first-order chi connectivity index (χ1) is 16.0. The van der Waals surface area contributed by atoms with E-state index in [0.717, 1.165) is 36.1 Å². The van der Waals surface area contributed by atoms with E-state index in [1.54, 1.807) is 29.2 Å². The molecule has 0 aromatic heterocycles. The summed E-state index contributed by atoms with van der Waals surface area (Å²) in [4.78, 5) is 30.1. The number of amides is 1. The van der Waals surface area contributed by atoms with Crippen LogP contribution in [0.25, 0.3) is 5.76 Å². The summed E-state index contributed by atoms with van der Waals surface area (Å²) in [7, 11) is 1.54. The molecule has 0 aliphatic carbocycles. The summed E-state index contributed by atoms with van der Waals surface area (Å²) in [5.41, 5.74) is 1.30. The van der Waals surface area contributed by atoms with Gasteiger partial charge in [0.25, 0.3) is 11.7 Å². The summed E-state index contributed by atoms with van der Waals surface area (Å²) >= 11 is 3.44. The van der Waals surface area contributed by atoms with E-state index in [4.69, 9.17) is 9.47 Å². The van der Waals surface area contributed by atoms with Crippen molar-refractivity contribution in [1.29, 1.82) is 0 Å². The first-order valence-corrected chi connectivity index (χ1v) is 11.8. The molecule has 2 aromatic carbocycles. The summed E-state index contributed by atoms with van der Waals surface area (Å²) in [5.74, 6) is -0.904. The molecule has 0 spiro atoms. The average molecular weight is 515 g/mol. The Labute approximate surface area is 201 Å². The van der Waals surface area contributed by atoms with Crippen LogP contribution in [0.1, 0.15) is 23.6 Å². The zero-order valence-corrected chi connectivity index (χ0v) is 20.1. The number of aliphatic hydroxyl groups excluding tert-OH is 1. The molecule has 2 saturated heterocycles. The fraction of sp³-hybridized carbons (Fsp3) is 0.360. The normalized spacial score (nSPS) is 20.9. The molecule has 2 aliphatic rings. The quantitative estimate of drug-likeness (QED) is 0.345. The van der Waals surface area contributed by atoms with Gasteiger partial charge in [-0.1, -0.05) is 40.2 Å². The molecule has 0 bridgehead atoms. The van der Waals surface area contributed by atoms with Crippen LogP contribution in [0.4, 0.5) is 0 Å². The third-order valence-electron chi connectivity index (χ3n) is 6.05. The number of likely N-dealkylation sites (tertiary alicyclic amines) is 1. The number of morpholine rings is 1. The Kier molecular flexibility index (Phi) is 7.47. The van der Waals surface area contributed by atoms with E-state index in [0.29, 0.717) is 31.1 Å². The number of aliphatic hydroxyl groups is 1. The molecule has 4 rings (SSSR count). The number of methoxy groups -OCH3 is 1. The van der Waals surface area contributed by atoms with Crippen LogP contribution in [-0.2, 0) is 14.3 Å². The number of benzene rings is 2. The van der Waals surface area contributed by atoms with Crippen LogP contribution in [0.5, 0.6) is 5.75 Å². The molecule has 2 fully saturated rings. The van der Waals surface area contributed by atoms with Crippen LogP contribution in [0.2, 0.25) is 0 Å². The molecule has 1 atom stereocenters. The van der Waals surface area contributed by atoms with Gasteiger partial charge in [0.2, 0.25) is 0 Å². The van der Waals surface area contributed by atoms with Gasteiger partial charge in [-0.2, -0.15) is 0 Å². The van der Waals surface area contributed by atoms with Crippen molar-refractivity contribution in [2.24, 2.45) is 0 Å². The second kappa shape index (κ2) is 10.5. The number of carbonyl (C=O) groups excluding carboxylic acids is 2. The Morgan fingerprint density at radius 2 is 1.85 bits per heavy atom. The Bertz CT molecular complexity index is 1050. The highest BCUT2D eigenvalue weighted by atomic mass is 79.9. The standard InChI is InChI=1S/C25H27BrN2O5/c1-32-20-5-2-4-18(16-20)23(29)21-22(17-6-8-19(26)9-7-17)28(25(31)24(21)30)11-3-10-27-12-14-33-15-13-27/h2,4-9,16,22,29H,3,10-15H2,1H3/t22-/m1/s1. The van der Waals surface area contributed by atoms with E-state index in [1.807, 2.05) is 24.3 Å². The molecule has 33 heavy (non-hydrogen) atoms. The molecule has 2 aromatic rings. The molecule has 8 heteroatoms. The predicted octanol–water partition coefficient (Wildman–Crippen LogP) is 3.60. The lowest BCUT2D eigenvalue weighted by molar-refractivity contribution is -0.140. The van der Waals surface area contributed by atoms with E-state index < -0.39 is 17.7 Å². The topological polar surface area (TPSA) is 79.3 Å². The number of hydrogen-bond donors (Lipinski definition) is 1. The van der Waals surface area contributed by atoms with Gasteiger partial charge in [-0.3, -0.25) is 14.5 Å². The number of nitrogens with zero attached hydrogens (tertiary/aromatic N) is 2.